The van der Waals surface area contributed by atoms with Crippen LogP contribution in [-0.4, -0.2) is 29.2 Å². The van der Waals surface area contributed by atoms with Gasteiger partial charge in [0.25, 0.3) is 6.71 Å². The van der Waals surface area contributed by atoms with Crippen molar-refractivity contribution in [3.8, 4) is 39.3 Å². The number of hydrogen-bond acceptors (Lipinski definition) is 0. The van der Waals surface area contributed by atoms with Crippen LogP contribution < -0.4 is 16.4 Å². The number of hydrogen-bond donors (Lipinski definition) is 0. The average molecular weight is 812 g/mol. The monoisotopic (exact) mass is 811 g/mol. The van der Waals surface area contributed by atoms with Crippen LogP contribution in [0.4, 0.5) is 0 Å². The Balaban J connectivity index is 1.22. The van der Waals surface area contributed by atoms with E-state index >= 15 is 0 Å². The zero-order valence-corrected chi connectivity index (χ0v) is 34.4. The summed E-state index contributed by atoms with van der Waals surface area (Å²) < 4.78 is 13.0. The van der Waals surface area contributed by atoms with Crippen LogP contribution in [0, 0.1) is 0 Å². The van der Waals surface area contributed by atoms with Crippen LogP contribution in [0.5, 0.6) is 0 Å². The second-order valence-electron chi connectivity index (χ2n) is 17.6. The highest BCUT2D eigenvalue weighted by molar-refractivity contribution is 7.02. The fourth-order valence-electron chi connectivity index (χ4n) is 12.3. The molecule has 5 nitrogen and oxygen atoms in total. The number of benzene rings is 9. The maximum atomic E-state index is 2.65. The van der Waals surface area contributed by atoms with Crippen LogP contribution in [0.15, 0.2) is 206 Å². The Kier molecular flexibility index (Phi) is 6.07. The molecule has 0 aliphatic carbocycles. The Bertz CT molecular complexity index is 4350. The molecule has 0 spiro atoms. The zero-order chi connectivity index (χ0) is 41.4. The molecule has 2 aliphatic heterocycles. The lowest BCUT2D eigenvalue weighted by Crippen LogP contribution is -2.59. The number of imidazole rings is 2. The third-order valence-corrected chi connectivity index (χ3v) is 14.6. The minimum atomic E-state index is -0.0951. The number of rotatable bonds is 3. The van der Waals surface area contributed by atoms with E-state index in [1.165, 1.54) is 127 Å². The Morgan fingerprint density at radius 2 is 0.781 bits per heavy atom. The van der Waals surface area contributed by atoms with Crippen molar-refractivity contribution < 1.29 is 0 Å². The van der Waals surface area contributed by atoms with Crippen molar-refractivity contribution >= 4 is 100 Å². The first-order chi connectivity index (χ1) is 31.8. The van der Waals surface area contributed by atoms with E-state index in [0.717, 1.165) is 5.69 Å². The van der Waals surface area contributed by atoms with E-state index in [9.17, 15) is 0 Å². The van der Waals surface area contributed by atoms with Crippen LogP contribution in [0.25, 0.3) is 116 Å². The molecule has 0 saturated heterocycles. The van der Waals surface area contributed by atoms with E-state index in [0.29, 0.717) is 0 Å². The lowest BCUT2D eigenvalue weighted by Gasteiger charge is -2.32. The van der Waals surface area contributed by atoms with Crippen LogP contribution >= 0.6 is 0 Å². The second-order valence-corrected chi connectivity index (χ2v) is 17.6. The topological polar surface area (TPSA) is 23.6 Å². The molecule has 0 radical (unpaired) electrons. The SMILES string of the molecule is c1ccc(-c2cccc3c4c5n(c6ccccc6n5c23)-c2cc3c5ccccc5n(-c5ccccc5)c3c3c2B4c2c4cccc(-c5ccccc5)c4n4c5ccccc5n-3c24)cc1. The van der Waals surface area contributed by atoms with Gasteiger partial charge in [-0.15, -0.1) is 0 Å². The molecule has 0 bridgehead atoms. The summed E-state index contributed by atoms with van der Waals surface area (Å²) in [5.41, 5.74) is 24.8. The summed E-state index contributed by atoms with van der Waals surface area (Å²) in [5, 5.41) is 5.06. The molecular formula is C58H34BN5. The Labute approximate surface area is 366 Å². The zero-order valence-electron chi connectivity index (χ0n) is 34.4. The molecule has 14 aromatic rings. The van der Waals surface area contributed by atoms with E-state index in [-0.39, 0.29) is 6.71 Å². The normalized spacial score (nSPS) is 13.0. The number of fused-ring (bicyclic) bond motifs is 20. The highest BCUT2D eigenvalue weighted by atomic mass is 15.2. The van der Waals surface area contributed by atoms with Crippen molar-refractivity contribution in [2.24, 2.45) is 0 Å². The molecule has 9 aromatic carbocycles. The van der Waals surface area contributed by atoms with Crippen molar-refractivity contribution in [2.45, 2.75) is 0 Å². The second kappa shape index (κ2) is 11.7. The molecule has 0 fully saturated rings. The first kappa shape index (κ1) is 33.2. The van der Waals surface area contributed by atoms with Gasteiger partial charge in [-0.1, -0.05) is 158 Å². The molecule has 0 saturated carbocycles. The summed E-state index contributed by atoms with van der Waals surface area (Å²) in [6, 6.07) is 76.5. The van der Waals surface area contributed by atoms with Crippen molar-refractivity contribution in [3.63, 3.8) is 0 Å². The molecule has 2 aliphatic rings. The number of para-hydroxylation sites is 8. The van der Waals surface area contributed by atoms with Gasteiger partial charge in [0.15, 0.2) is 0 Å². The van der Waals surface area contributed by atoms with Crippen molar-refractivity contribution in [1.82, 2.24) is 22.5 Å². The van der Waals surface area contributed by atoms with Gasteiger partial charge in [-0.25, -0.2) is 0 Å². The van der Waals surface area contributed by atoms with E-state index < -0.39 is 0 Å². The average Bonchev–Trinajstić information content (AvgIpc) is 4.16. The quantitative estimate of drug-likeness (QED) is 0.159. The minimum Gasteiger partial charge on any atom is -0.307 e. The van der Waals surface area contributed by atoms with Gasteiger partial charge in [0.05, 0.1) is 49.8 Å². The number of nitrogens with zero attached hydrogens (tertiary/aromatic N) is 5. The van der Waals surface area contributed by atoms with Crippen LogP contribution in [-0.2, 0) is 0 Å². The molecule has 7 heterocycles. The summed E-state index contributed by atoms with van der Waals surface area (Å²) in [6.45, 7) is -0.0951. The molecule has 5 aromatic heterocycles. The van der Waals surface area contributed by atoms with Crippen LogP contribution in [0.3, 0.4) is 0 Å². The maximum absolute atomic E-state index is 2.65. The third kappa shape index (κ3) is 3.82. The highest BCUT2D eigenvalue weighted by Crippen LogP contribution is 2.46. The Morgan fingerprint density at radius 1 is 0.312 bits per heavy atom. The third-order valence-electron chi connectivity index (χ3n) is 14.6. The Morgan fingerprint density at radius 3 is 1.38 bits per heavy atom. The summed E-state index contributed by atoms with van der Waals surface area (Å²) >= 11 is 0. The fraction of sp³-hybridized carbons (Fsp3) is 0. The van der Waals surface area contributed by atoms with Gasteiger partial charge < -0.3 is 4.57 Å². The first-order valence-electron chi connectivity index (χ1n) is 22.2. The summed E-state index contributed by atoms with van der Waals surface area (Å²) in [7, 11) is 0. The summed E-state index contributed by atoms with van der Waals surface area (Å²) in [5.74, 6) is 0. The molecule has 64 heavy (non-hydrogen) atoms. The van der Waals surface area contributed by atoms with E-state index in [1.54, 1.807) is 0 Å². The standard InChI is InChI=1S/C58H34BN5/c1-4-18-35(19-5-1)38-25-16-27-41-50-57-61(45-30-12-13-31-46(45)62(57)53(38)41)49-34-43-40-24-10-11-29-44(40)60(37-22-8-3-9-23-37)55(43)56-52(49)59(50)51-42-28-17-26-39(36-20-6-2-7-21-36)54(42)63-47-32-14-15-33-48(47)64(56)58(51)63/h1-34H. The number of aromatic nitrogens is 5. The smallest absolute Gasteiger partial charge is 0.258 e. The minimum absolute atomic E-state index is 0.0951. The van der Waals surface area contributed by atoms with E-state index in [1.807, 2.05) is 0 Å². The van der Waals surface area contributed by atoms with Crippen molar-refractivity contribution in [3.05, 3.63) is 206 Å². The van der Waals surface area contributed by atoms with E-state index in [2.05, 4.69) is 229 Å². The highest BCUT2D eigenvalue weighted by Gasteiger charge is 2.47. The van der Waals surface area contributed by atoms with Gasteiger partial charge in [-0.3, -0.25) is 17.9 Å². The summed E-state index contributed by atoms with van der Waals surface area (Å²) in [6.07, 6.45) is 0. The molecule has 0 atom stereocenters. The Hall–Kier alpha value is -8.48. The largest absolute Gasteiger partial charge is 0.307 e. The molecule has 6 heteroatoms. The predicted octanol–water partition coefficient (Wildman–Crippen LogP) is 12.0. The van der Waals surface area contributed by atoms with Gasteiger partial charge in [0, 0.05) is 33.3 Å². The van der Waals surface area contributed by atoms with Gasteiger partial charge >= 0.3 is 0 Å². The first-order valence-corrected chi connectivity index (χ1v) is 22.2. The molecule has 294 valence electrons. The fourth-order valence-corrected chi connectivity index (χ4v) is 12.3. The van der Waals surface area contributed by atoms with Crippen LogP contribution in [0.1, 0.15) is 0 Å². The van der Waals surface area contributed by atoms with Gasteiger partial charge in [-0.05, 0) is 86.8 Å². The maximum Gasteiger partial charge on any atom is 0.258 e. The molecule has 0 unspecified atom stereocenters. The molecule has 0 N–H and O–H groups in total. The van der Waals surface area contributed by atoms with Crippen molar-refractivity contribution in [1.29, 1.82) is 0 Å². The van der Waals surface area contributed by atoms with Crippen molar-refractivity contribution in [2.75, 3.05) is 0 Å². The molecule has 0 amide bonds. The van der Waals surface area contributed by atoms with Gasteiger partial charge in [0.1, 0.15) is 11.3 Å². The lowest BCUT2D eigenvalue weighted by molar-refractivity contribution is 1.10. The molecular weight excluding hydrogens is 777 g/mol. The predicted molar refractivity (Wildman–Crippen MR) is 267 cm³/mol. The van der Waals surface area contributed by atoms with Crippen LogP contribution in [0.2, 0.25) is 0 Å². The van der Waals surface area contributed by atoms with Gasteiger partial charge in [-0.2, -0.15) is 0 Å². The summed E-state index contributed by atoms with van der Waals surface area (Å²) in [4.78, 5) is 0. The lowest BCUT2D eigenvalue weighted by atomic mass is 9.34. The van der Waals surface area contributed by atoms with E-state index in [4.69, 9.17) is 0 Å². The van der Waals surface area contributed by atoms with Gasteiger partial charge in [0.2, 0.25) is 0 Å². The molecule has 16 rings (SSSR count).